The quantitative estimate of drug-likeness (QED) is 0.419. The van der Waals surface area contributed by atoms with E-state index in [4.69, 9.17) is 0 Å². The first-order valence-electron chi connectivity index (χ1n) is 12.1. The lowest BCUT2D eigenvalue weighted by molar-refractivity contribution is -0.132. The number of nitrogens with zero attached hydrogens (tertiary/aromatic N) is 2. The summed E-state index contributed by atoms with van der Waals surface area (Å²) < 4.78 is 0. The maximum absolute atomic E-state index is 13.4. The maximum atomic E-state index is 13.4. The monoisotopic (exact) mass is 446 g/mol. The molecule has 1 fully saturated rings. The molecule has 2 N–H and O–H groups in total. The third-order valence-electron chi connectivity index (χ3n) is 6.26. The Morgan fingerprint density at radius 1 is 1.06 bits per heavy atom. The molecule has 33 heavy (non-hydrogen) atoms. The van der Waals surface area contributed by atoms with Crippen LogP contribution < -0.4 is 5.32 Å². The summed E-state index contributed by atoms with van der Waals surface area (Å²) in [6, 6.07) is 18.4. The molecule has 1 saturated carbocycles. The molecule has 1 heterocycles. The highest BCUT2D eigenvalue weighted by Gasteiger charge is 2.34. The van der Waals surface area contributed by atoms with Crippen LogP contribution >= 0.6 is 0 Å². The molecule has 4 rings (SSSR count). The number of carbonyl (C=O) groups excluding carboxylic acids is 2. The van der Waals surface area contributed by atoms with E-state index in [2.05, 4.69) is 29.4 Å². The van der Waals surface area contributed by atoms with Gasteiger partial charge >= 0.3 is 6.03 Å². The van der Waals surface area contributed by atoms with Crippen molar-refractivity contribution < 1.29 is 9.59 Å². The van der Waals surface area contributed by atoms with Gasteiger partial charge in [0.1, 0.15) is 6.54 Å². The van der Waals surface area contributed by atoms with Crippen LogP contribution in [0.25, 0.3) is 10.9 Å². The van der Waals surface area contributed by atoms with E-state index in [-0.39, 0.29) is 24.5 Å². The smallest absolute Gasteiger partial charge is 0.318 e. The topological polar surface area (TPSA) is 68.4 Å². The second-order valence-corrected chi connectivity index (χ2v) is 8.85. The Balaban J connectivity index is 1.46. The van der Waals surface area contributed by atoms with Gasteiger partial charge in [0.2, 0.25) is 5.91 Å². The van der Waals surface area contributed by atoms with Crippen molar-refractivity contribution in [3.8, 4) is 0 Å². The van der Waals surface area contributed by atoms with Gasteiger partial charge in [-0.15, -0.1) is 0 Å². The zero-order valence-electron chi connectivity index (χ0n) is 19.4. The molecule has 0 bridgehead atoms. The molecule has 1 aliphatic carbocycles. The Hall–Kier alpha value is -3.28. The molecule has 6 heteroatoms. The first kappa shape index (κ1) is 22.9. The number of urea groups is 1. The molecule has 1 aliphatic rings. The van der Waals surface area contributed by atoms with Gasteiger partial charge in [0.05, 0.1) is 0 Å². The number of hydrogen-bond donors (Lipinski definition) is 2. The fourth-order valence-electron chi connectivity index (χ4n) is 4.16. The zero-order chi connectivity index (χ0) is 23.0. The molecular weight excluding hydrogens is 412 g/mol. The second-order valence-electron chi connectivity index (χ2n) is 8.85. The first-order valence-corrected chi connectivity index (χ1v) is 12.1. The van der Waals surface area contributed by atoms with Crippen molar-refractivity contribution in [2.24, 2.45) is 0 Å². The van der Waals surface area contributed by atoms with Crippen molar-refractivity contribution >= 4 is 22.8 Å². The van der Waals surface area contributed by atoms with Gasteiger partial charge in [-0.1, -0.05) is 61.9 Å². The zero-order valence-corrected chi connectivity index (χ0v) is 19.4. The van der Waals surface area contributed by atoms with E-state index in [1.54, 1.807) is 4.90 Å². The number of nitrogens with one attached hydrogen (secondary N) is 2. The Kier molecular flexibility index (Phi) is 7.66. The molecule has 0 spiro atoms. The molecule has 1 aromatic heterocycles. The molecule has 0 radical (unpaired) electrons. The van der Waals surface area contributed by atoms with Gasteiger partial charge in [-0.3, -0.25) is 4.79 Å². The van der Waals surface area contributed by atoms with Crippen LogP contribution in [0.1, 0.15) is 43.7 Å². The summed E-state index contributed by atoms with van der Waals surface area (Å²) in [5, 5.41) is 4.18. The SMILES string of the molecule is CCCCNC(=O)N(CC(=O)N(CCc1c[nH]c2ccccc12)Cc1ccccc1)C1CC1. The minimum Gasteiger partial charge on any atom is -0.361 e. The van der Waals surface area contributed by atoms with E-state index < -0.39 is 0 Å². The average molecular weight is 447 g/mol. The van der Waals surface area contributed by atoms with Crippen molar-refractivity contribution in [1.82, 2.24) is 20.1 Å². The fraction of sp³-hybridized carbons (Fsp3) is 0.407. The number of fused-ring (bicyclic) bond motifs is 1. The van der Waals surface area contributed by atoms with Crippen molar-refractivity contribution in [3.63, 3.8) is 0 Å². The van der Waals surface area contributed by atoms with Crippen molar-refractivity contribution in [1.29, 1.82) is 0 Å². The summed E-state index contributed by atoms with van der Waals surface area (Å²) in [5.41, 5.74) is 3.40. The van der Waals surface area contributed by atoms with Crippen LogP contribution in [-0.2, 0) is 17.8 Å². The van der Waals surface area contributed by atoms with Crippen LogP contribution in [0.2, 0.25) is 0 Å². The van der Waals surface area contributed by atoms with Crippen LogP contribution in [0.5, 0.6) is 0 Å². The summed E-state index contributed by atoms with van der Waals surface area (Å²) in [6.45, 7) is 4.03. The van der Waals surface area contributed by atoms with Gasteiger partial charge in [0.25, 0.3) is 0 Å². The molecule has 3 amide bonds. The van der Waals surface area contributed by atoms with Gasteiger partial charge in [-0.2, -0.15) is 0 Å². The average Bonchev–Trinajstić information content (AvgIpc) is 3.60. The van der Waals surface area contributed by atoms with Crippen LogP contribution in [0.3, 0.4) is 0 Å². The molecule has 0 saturated heterocycles. The van der Waals surface area contributed by atoms with E-state index in [0.717, 1.165) is 43.2 Å². The third-order valence-corrected chi connectivity index (χ3v) is 6.26. The molecule has 3 aromatic rings. The van der Waals surface area contributed by atoms with Gasteiger partial charge in [-0.25, -0.2) is 4.79 Å². The van der Waals surface area contributed by atoms with E-state index >= 15 is 0 Å². The predicted octanol–water partition coefficient (Wildman–Crippen LogP) is 4.71. The lowest BCUT2D eigenvalue weighted by Crippen LogP contribution is -2.48. The first-order chi connectivity index (χ1) is 16.2. The second kappa shape index (κ2) is 11.0. The number of unbranched alkanes of at least 4 members (excludes halogenated alkanes) is 1. The number of hydrogen-bond acceptors (Lipinski definition) is 2. The number of amides is 3. The number of aromatic amines is 1. The van der Waals surface area contributed by atoms with Gasteiger partial charge in [-0.05, 0) is 42.9 Å². The summed E-state index contributed by atoms with van der Waals surface area (Å²) in [5.74, 6) is -0.00349. The van der Waals surface area contributed by atoms with Gasteiger partial charge in [0, 0.05) is 42.8 Å². The molecule has 2 aromatic carbocycles. The molecular formula is C27H34N4O2. The molecule has 0 aliphatic heterocycles. The Labute approximate surface area is 196 Å². The lowest BCUT2D eigenvalue weighted by atomic mass is 10.1. The number of carbonyl (C=O) groups is 2. The van der Waals surface area contributed by atoms with Crippen LogP contribution in [0, 0.1) is 0 Å². The van der Waals surface area contributed by atoms with Crippen LogP contribution in [0.15, 0.2) is 60.8 Å². The number of benzene rings is 2. The largest absolute Gasteiger partial charge is 0.361 e. The molecule has 174 valence electrons. The standard InChI is InChI=1S/C27H34N4O2/c1-2-3-16-28-27(33)31(23-13-14-23)20-26(32)30(19-21-9-5-4-6-10-21)17-15-22-18-29-25-12-8-7-11-24(22)25/h4-12,18,23,29H,2-3,13-17,19-20H2,1H3,(H,28,33). The van der Waals surface area contributed by atoms with Crippen molar-refractivity contribution in [3.05, 3.63) is 71.9 Å². The van der Waals surface area contributed by atoms with Crippen LogP contribution in [0.4, 0.5) is 4.79 Å². The Morgan fingerprint density at radius 2 is 1.82 bits per heavy atom. The Bertz CT molecular complexity index is 1060. The minimum atomic E-state index is -0.115. The number of H-pyrrole nitrogens is 1. The summed E-state index contributed by atoms with van der Waals surface area (Å²) in [6.07, 6.45) is 6.72. The highest BCUT2D eigenvalue weighted by Crippen LogP contribution is 2.27. The van der Waals surface area contributed by atoms with Gasteiger partial charge in [0.15, 0.2) is 0 Å². The number of para-hydroxylation sites is 1. The van der Waals surface area contributed by atoms with Gasteiger partial charge < -0.3 is 20.1 Å². The van der Waals surface area contributed by atoms with E-state index in [1.807, 2.05) is 53.6 Å². The molecule has 0 atom stereocenters. The minimum absolute atomic E-state index is 0.00349. The number of aromatic nitrogens is 1. The van der Waals surface area contributed by atoms with Crippen LogP contribution in [-0.4, -0.2) is 52.4 Å². The number of rotatable bonds is 11. The predicted molar refractivity (Wildman–Crippen MR) is 132 cm³/mol. The summed E-state index contributed by atoms with van der Waals surface area (Å²) >= 11 is 0. The maximum Gasteiger partial charge on any atom is 0.318 e. The summed E-state index contributed by atoms with van der Waals surface area (Å²) in [7, 11) is 0. The molecule has 6 nitrogen and oxygen atoms in total. The highest BCUT2D eigenvalue weighted by atomic mass is 16.2. The van der Waals surface area contributed by atoms with E-state index in [0.29, 0.717) is 19.6 Å². The fourth-order valence-corrected chi connectivity index (χ4v) is 4.16. The van der Waals surface area contributed by atoms with Crippen molar-refractivity contribution in [2.75, 3.05) is 19.6 Å². The van der Waals surface area contributed by atoms with Crippen molar-refractivity contribution in [2.45, 2.75) is 51.6 Å². The normalized spacial score (nSPS) is 13.1. The highest BCUT2D eigenvalue weighted by molar-refractivity contribution is 5.85. The van der Waals surface area contributed by atoms with E-state index in [1.165, 1.54) is 10.9 Å². The third kappa shape index (κ3) is 6.15. The lowest BCUT2D eigenvalue weighted by Gasteiger charge is -2.28. The Morgan fingerprint density at radius 3 is 2.58 bits per heavy atom. The molecule has 0 unspecified atom stereocenters. The summed E-state index contributed by atoms with van der Waals surface area (Å²) in [4.78, 5) is 33.1. The van der Waals surface area contributed by atoms with E-state index in [9.17, 15) is 9.59 Å².